The van der Waals surface area contributed by atoms with E-state index in [-0.39, 0.29) is 12.2 Å². The van der Waals surface area contributed by atoms with Crippen LogP contribution in [0.5, 0.6) is 0 Å². The Bertz CT molecular complexity index is 487. The fourth-order valence-electron chi connectivity index (χ4n) is 2.07. The van der Waals surface area contributed by atoms with Crippen molar-refractivity contribution in [3.63, 3.8) is 0 Å². The zero-order chi connectivity index (χ0) is 14.9. The first kappa shape index (κ1) is 15.5. The maximum absolute atomic E-state index is 11.6. The number of allylic oxidation sites excluding steroid dienone is 1. The second kappa shape index (κ2) is 8.39. The number of carbonyl (C=O) groups is 1. The van der Waals surface area contributed by atoms with Gasteiger partial charge in [0.1, 0.15) is 0 Å². The summed E-state index contributed by atoms with van der Waals surface area (Å²) < 4.78 is 5.36. The lowest BCUT2D eigenvalue weighted by molar-refractivity contribution is -0.198. The minimum atomic E-state index is -0.325. The van der Waals surface area contributed by atoms with Crippen molar-refractivity contribution in [3.05, 3.63) is 54.1 Å². The second-order valence-electron chi connectivity index (χ2n) is 4.95. The molecule has 112 valence electrons. The van der Waals surface area contributed by atoms with Crippen LogP contribution < -0.4 is 5.48 Å². The lowest BCUT2D eigenvalue weighted by Crippen LogP contribution is -2.32. The SMILES string of the molecule is C=CCc1ccc(/C=C/C(=O)NOC2CCCCO2)cc1. The second-order valence-corrected chi connectivity index (χ2v) is 4.95. The highest BCUT2D eigenvalue weighted by Crippen LogP contribution is 2.12. The summed E-state index contributed by atoms with van der Waals surface area (Å²) in [6.07, 6.45) is 8.51. The Hall–Kier alpha value is -1.91. The molecule has 0 aliphatic carbocycles. The number of rotatable bonds is 6. The summed E-state index contributed by atoms with van der Waals surface area (Å²) in [5.41, 5.74) is 4.55. The number of hydrogen-bond donors (Lipinski definition) is 1. The Morgan fingerprint density at radius 2 is 2.19 bits per heavy atom. The van der Waals surface area contributed by atoms with Gasteiger partial charge in [-0.25, -0.2) is 10.3 Å². The maximum atomic E-state index is 11.6. The first-order valence-electron chi connectivity index (χ1n) is 7.23. The average Bonchev–Trinajstić information content (AvgIpc) is 2.53. The molecule has 1 aromatic carbocycles. The van der Waals surface area contributed by atoms with E-state index in [0.29, 0.717) is 6.61 Å². The monoisotopic (exact) mass is 287 g/mol. The summed E-state index contributed by atoms with van der Waals surface area (Å²) >= 11 is 0. The van der Waals surface area contributed by atoms with Gasteiger partial charge in [0.15, 0.2) is 6.29 Å². The summed E-state index contributed by atoms with van der Waals surface area (Å²) in [5, 5.41) is 0. The van der Waals surface area contributed by atoms with E-state index in [4.69, 9.17) is 9.57 Å². The smallest absolute Gasteiger partial charge is 0.267 e. The maximum Gasteiger partial charge on any atom is 0.267 e. The number of ether oxygens (including phenoxy) is 1. The van der Waals surface area contributed by atoms with Crippen LogP contribution in [0.2, 0.25) is 0 Å². The molecule has 1 saturated heterocycles. The molecule has 0 radical (unpaired) electrons. The molecule has 1 amide bonds. The fourth-order valence-corrected chi connectivity index (χ4v) is 2.07. The van der Waals surface area contributed by atoms with Gasteiger partial charge in [-0.2, -0.15) is 0 Å². The van der Waals surface area contributed by atoms with E-state index in [9.17, 15) is 4.79 Å². The molecule has 4 nitrogen and oxygen atoms in total. The van der Waals surface area contributed by atoms with Crippen LogP contribution in [0.15, 0.2) is 43.0 Å². The van der Waals surface area contributed by atoms with Crippen molar-refractivity contribution >= 4 is 12.0 Å². The molecule has 1 aromatic rings. The summed E-state index contributed by atoms with van der Waals surface area (Å²) in [6.45, 7) is 4.39. The van der Waals surface area contributed by atoms with Crippen LogP contribution in [-0.4, -0.2) is 18.8 Å². The Balaban J connectivity index is 1.76. The minimum Gasteiger partial charge on any atom is -0.350 e. The molecule has 21 heavy (non-hydrogen) atoms. The van der Waals surface area contributed by atoms with Gasteiger partial charge in [-0.1, -0.05) is 30.3 Å². The fraction of sp³-hybridized carbons (Fsp3) is 0.353. The number of carbonyl (C=O) groups excluding carboxylic acids is 1. The molecule has 1 fully saturated rings. The topological polar surface area (TPSA) is 47.6 Å². The van der Waals surface area contributed by atoms with Crippen molar-refractivity contribution in [2.75, 3.05) is 6.61 Å². The number of hydroxylamine groups is 1. The molecular formula is C17H21NO3. The number of nitrogens with one attached hydrogen (secondary N) is 1. The number of hydrogen-bond acceptors (Lipinski definition) is 3. The lowest BCUT2D eigenvalue weighted by atomic mass is 10.1. The van der Waals surface area contributed by atoms with Crippen molar-refractivity contribution in [1.82, 2.24) is 5.48 Å². The molecule has 1 aliphatic heterocycles. The Labute approximate surface area is 125 Å². The van der Waals surface area contributed by atoms with E-state index in [1.54, 1.807) is 6.08 Å². The molecule has 0 bridgehead atoms. The van der Waals surface area contributed by atoms with Crippen LogP contribution in [0.25, 0.3) is 6.08 Å². The molecule has 4 heteroatoms. The quantitative estimate of drug-likeness (QED) is 0.497. The zero-order valence-electron chi connectivity index (χ0n) is 12.1. The molecule has 1 heterocycles. The number of benzene rings is 1. The Morgan fingerprint density at radius 3 is 2.86 bits per heavy atom. The van der Waals surface area contributed by atoms with Crippen molar-refractivity contribution in [2.45, 2.75) is 32.0 Å². The first-order chi connectivity index (χ1) is 10.3. The minimum absolute atomic E-state index is 0.292. The lowest BCUT2D eigenvalue weighted by Gasteiger charge is -2.21. The van der Waals surface area contributed by atoms with Crippen molar-refractivity contribution in [2.24, 2.45) is 0 Å². The third kappa shape index (κ3) is 5.53. The van der Waals surface area contributed by atoms with E-state index in [2.05, 4.69) is 12.1 Å². The average molecular weight is 287 g/mol. The van der Waals surface area contributed by atoms with E-state index >= 15 is 0 Å². The third-order valence-corrected chi connectivity index (χ3v) is 3.22. The van der Waals surface area contributed by atoms with Gasteiger partial charge in [0, 0.05) is 19.1 Å². The van der Waals surface area contributed by atoms with Gasteiger partial charge in [-0.3, -0.25) is 4.79 Å². The summed E-state index contributed by atoms with van der Waals surface area (Å²) in [5.74, 6) is -0.292. The van der Waals surface area contributed by atoms with Crippen LogP contribution in [0, 0.1) is 0 Å². The molecular weight excluding hydrogens is 266 g/mol. The van der Waals surface area contributed by atoms with Crippen LogP contribution in [0.3, 0.4) is 0 Å². The standard InChI is InChI=1S/C17H21NO3/c1-2-5-14-7-9-15(10-8-14)11-12-16(19)18-21-17-6-3-4-13-20-17/h2,7-12,17H,1,3-6,13H2,(H,18,19)/b12-11+. The predicted octanol–water partition coefficient (Wildman–Crippen LogP) is 3.00. The van der Waals surface area contributed by atoms with Crippen molar-refractivity contribution in [3.8, 4) is 0 Å². The van der Waals surface area contributed by atoms with E-state index in [1.165, 1.54) is 11.6 Å². The molecule has 0 aromatic heterocycles. The largest absolute Gasteiger partial charge is 0.350 e. The number of amides is 1. The Kier molecular flexibility index (Phi) is 6.19. The molecule has 0 saturated carbocycles. The van der Waals surface area contributed by atoms with Gasteiger partial charge in [-0.15, -0.1) is 6.58 Å². The highest BCUT2D eigenvalue weighted by molar-refractivity contribution is 5.90. The van der Waals surface area contributed by atoms with E-state index in [0.717, 1.165) is 31.2 Å². The van der Waals surface area contributed by atoms with E-state index < -0.39 is 0 Å². The summed E-state index contributed by atoms with van der Waals surface area (Å²) in [4.78, 5) is 16.8. The van der Waals surface area contributed by atoms with Crippen molar-refractivity contribution in [1.29, 1.82) is 0 Å². The summed E-state index contributed by atoms with van der Waals surface area (Å²) in [6, 6.07) is 7.97. The zero-order valence-corrected chi connectivity index (χ0v) is 12.1. The molecule has 1 unspecified atom stereocenters. The predicted molar refractivity (Wildman–Crippen MR) is 82.2 cm³/mol. The van der Waals surface area contributed by atoms with E-state index in [1.807, 2.05) is 30.3 Å². The summed E-state index contributed by atoms with van der Waals surface area (Å²) in [7, 11) is 0. The van der Waals surface area contributed by atoms with Crippen molar-refractivity contribution < 1.29 is 14.4 Å². The molecule has 1 aliphatic rings. The van der Waals surface area contributed by atoms with Crippen LogP contribution >= 0.6 is 0 Å². The van der Waals surface area contributed by atoms with Gasteiger partial charge in [0.25, 0.3) is 5.91 Å². The van der Waals surface area contributed by atoms with Crippen LogP contribution in [0.4, 0.5) is 0 Å². The molecule has 2 rings (SSSR count). The third-order valence-electron chi connectivity index (χ3n) is 3.22. The Morgan fingerprint density at radius 1 is 1.38 bits per heavy atom. The molecule has 1 atom stereocenters. The first-order valence-corrected chi connectivity index (χ1v) is 7.23. The molecule has 0 spiro atoms. The van der Waals surface area contributed by atoms with Crippen LogP contribution in [-0.2, 0) is 20.8 Å². The van der Waals surface area contributed by atoms with Gasteiger partial charge in [-0.05, 0) is 36.5 Å². The van der Waals surface area contributed by atoms with Gasteiger partial charge < -0.3 is 4.74 Å². The van der Waals surface area contributed by atoms with Crippen LogP contribution in [0.1, 0.15) is 30.4 Å². The highest BCUT2D eigenvalue weighted by Gasteiger charge is 2.14. The highest BCUT2D eigenvalue weighted by atomic mass is 16.8. The van der Waals surface area contributed by atoms with Gasteiger partial charge in [0.05, 0.1) is 0 Å². The van der Waals surface area contributed by atoms with Gasteiger partial charge >= 0.3 is 0 Å². The molecule has 1 N–H and O–H groups in total. The normalized spacial score (nSPS) is 18.6. The van der Waals surface area contributed by atoms with Gasteiger partial charge in [0.2, 0.25) is 0 Å².